The second-order valence-corrected chi connectivity index (χ2v) is 2.59. The lowest BCUT2D eigenvalue weighted by Crippen LogP contribution is -2.06. The lowest BCUT2D eigenvalue weighted by atomic mass is 10.3. The molecule has 0 aliphatic rings. The quantitative estimate of drug-likeness (QED) is 0.549. The zero-order valence-electron chi connectivity index (χ0n) is 8.16. The Labute approximate surface area is 80.7 Å². The van der Waals surface area contributed by atoms with Crippen LogP contribution in [0, 0.1) is 17.0 Å². The first-order valence-electron chi connectivity index (χ1n) is 3.98. The number of nitro groups is 1. The summed E-state index contributed by atoms with van der Waals surface area (Å²) < 4.78 is 0. The number of aromatic nitrogens is 2. The summed E-state index contributed by atoms with van der Waals surface area (Å²) in [7, 11) is 3.23. The first-order valence-corrected chi connectivity index (χ1v) is 3.98. The summed E-state index contributed by atoms with van der Waals surface area (Å²) in [6, 6.07) is 0. The van der Waals surface area contributed by atoms with Crippen molar-refractivity contribution in [3.8, 4) is 0 Å². The molecule has 14 heavy (non-hydrogen) atoms. The number of rotatable bonds is 3. The molecule has 0 fully saturated rings. The van der Waals surface area contributed by atoms with E-state index in [1.54, 1.807) is 21.0 Å². The second kappa shape index (κ2) is 3.86. The topological polar surface area (TPSA) is 93.0 Å². The van der Waals surface area contributed by atoms with Gasteiger partial charge in [0.15, 0.2) is 0 Å². The van der Waals surface area contributed by atoms with Crippen LogP contribution in [0.1, 0.15) is 5.69 Å². The van der Waals surface area contributed by atoms with Gasteiger partial charge in [0.2, 0.25) is 11.8 Å². The minimum atomic E-state index is -0.499. The van der Waals surface area contributed by atoms with Crippen LogP contribution in [0.15, 0.2) is 0 Å². The van der Waals surface area contributed by atoms with Gasteiger partial charge in [0, 0.05) is 14.1 Å². The van der Waals surface area contributed by atoms with Gasteiger partial charge in [0.25, 0.3) is 0 Å². The monoisotopic (exact) mass is 197 g/mol. The molecular formula is C7H11N5O2. The smallest absolute Gasteiger partial charge is 0.332 e. The Hall–Kier alpha value is -1.92. The summed E-state index contributed by atoms with van der Waals surface area (Å²) >= 11 is 0. The van der Waals surface area contributed by atoms with E-state index in [0.717, 1.165) is 0 Å². The van der Waals surface area contributed by atoms with Gasteiger partial charge in [-0.1, -0.05) is 0 Å². The maximum Gasteiger partial charge on any atom is 0.332 e. The molecule has 76 valence electrons. The number of anilines is 2. The highest BCUT2D eigenvalue weighted by molar-refractivity contribution is 5.60. The third-order valence-corrected chi connectivity index (χ3v) is 1.70. The van der Waals surface area contributed by atoms with Gasteiger partial charge in [-0.05, 0) is 6.92 Å². The molecule has 1 aromatic heterocycles. The second-order valence-electron chi connectivity index (χ2n) is 2.59. The van der Waals surface area contributed by atoms with E-state index in [9.17, 15) is 10.1 Å². The van der Waals surface area contributed by atoms with Crippen LogP contribution in [0.5, 0.6) is 0 Å². The van der Waals surface area contributed by atoms with Crippen molar-refractivity contribution in [2.45, 2.75) is 6.92 Å². The number of nitrogens with zero attached hydrogens (tertiary/aromatic N) is 3. The van der Waals surface area contributed by atoms with E-state index >= 15 is 0 Å². The van der Waals surface area contributed by atoms with Gasteiger partial charge in [-0.2, -0.15) is 4.98 Å². The molecule has 0 saturated carbocycles. The molecule has 0 saturated heterocycles. The summed E-state index contributed by atoms with van der Waals surface area (Å²) in [5.41, 5.74) is 0.241. The van der Waals surface area contributed by atoms with Crippen LogP contribution < -0.4 is 10.6 Å². The molecule has 0 aliphatic heterocycles. The maximum absolute atomic E-state index is 10.7. The molecule has 0 spiro atoms. The van der Waals surface area contributed by atoms with Crippen LogP contribution in [0.4, 0.5) is 17.5 Å². The van der Waals surface area contributed by atoms with Crippen molar-refractivity contribution < 1.29 is 4.92 Å². The van der Waals surface area contributed by atoms with Crippen molar-refractivity contribution in [1.29, 1.82) is 0 Å². The fourth-order valence-corrected chi connectivity index (χ4v) is 1.07. The van der Waals surface area contributed by atoms with Crippen LogP contribution in [-0.2, 0) is 0 Å². The third kappa shape index (κ3) is 1.70. The Morgan fingerprint density at radius 3 is 2.36 bits per heavy atom. The summed E-state index contributed by atoms with van der Waals surface area (Å²) in [6.45, 7) is 1.57. The van der Waals surface area contributed by atoms with Crippen molar-refractivity contribution in [3.05, 3.63) is 15.8 Å². The van der Waals surface area contributed by atoms with E-state index in [1.807, 2.05) is 0 Å². The SMILES string of the molecule is CNc1nc(C)c([N+](=O)[O-])c(NC)n1. The first-order chi connectivity index (χ1) is 6.60. The largest absolute Gasteiger partial charge is 0.367 e. The minimum absolute atomic E-state index is 0.0912. The van der Waals surface area contributed by atoms with E-state index in [1.165, 1.54) is 0 Å². The standard InChI is InChI=1S/C7H11N5O2/c1-4-5(12(13)14)6(8-2)11-7(9-3)10-4/h1-3H3,(H2,8,9,10,11). The highest BCUT2D eigenvalue weighted by Crippen LogP contribution is 2.25. The maximum atomic E-state index is 10.7. The van der Waals surface area contributed by atoms with Gasteiger partial charge in [0.05, 0.1) is 4.92 Å². The van der Waals surface area contributed by atoms with E-state index in [-0.39, 0.29) is 11.5 Å². The molecule has 1 heterocycles. The number of nitrogens with one attached hydrogen (secondary N) is 2. The molecule has 0 radical (unpaired) electrons. The fourth-order valence-electron chi connectivity index (χ4n) is 1.07. The summed E-state index contributed by atoms with van der Waals surface area (Å²) in [4.78, 5) is 18.0. The third-order valence-electron chi connectivity index (χ3n) is 1.70. The number of hydrogen-bond donors (Lipinski definition) is 2. The van der Waals surface area contributed by atoms with Crippen LogP contribution >= 0.6 is 0 Å². The van der Waals surface area contributed by atoms with Gasteiger partial charge >= 0.3 is 5.69 Å². The van der Waals surface area contributed by atoms with Crippen molar-refractivity contribution in [1.82, 2.24) is 9.97 Å². The molecule has 2 N–H and O–H groups in total. The van der Waals surface area contributed by atoms with Crippen LogP contribution in [0.2, 0.25) is 0 Å². The van der Waals surface area contributed by atoms with Gasteiger partial charge in [-0.25, -0.2) is 4.98 Å². The first kappa shape index (κ1) is 10.2. The van der Waals surface area contributed by atoms with Crippen molar-refractivity contribution >= 4 is 17.5 Å². The van der Waals surface area contributed by atoms with Crippen molar-refractivity contribution in [2.24, 2.45) is 0 Å². The highest BCUT2D eigenvalue weighted by Gasteiger charge is 2.20. The molecule has 1 rings (SSSR count). The minimum Gasteiger partial charge on any atom is -0.367 e. The van der Waals surface area contributed by atoms with Crippen molar-refractivity contribution in [2.75, 3.05) is 24.7 Å². The number of hydrogen-bond acceptors (Lipinski definition) is 6. The lowest BCUT2D eigenvalue weighted by molar-refractivity contribution is -0.385. The Bertz CT molecular complexity index is 365. The molecule has 0 aliphatic carbocycles. The highest BCUT2D eigenvalue weighted by atomic mass is 16.6. The van der Waals surface area contributed by atoms with Crippen molar-refractivity contribution in [3.63, 3.8) is 0 Å². The molecule has 1 aromatic rings. The van der Waals surface area contributed by atoms with E-state index < -0.39 is 4.92 Å². The van der Waals surface area contributed by atoms with E-state index in [0.29, 0.717) is 11.6 Å². The average Bonchev–Trinajstić information content (AvgIpc) is 2.15. The molecule has 0 atom stereocenters. The zero-order chi connectivity index (χ0) is 10.7. The molecule has 0 unspecified atom stereocenters. The van der Waals surface area contributed by atoms with Crippen LogP contribution in [0.3, 0.4) is 0 Å². The van der Waals surface area contributed by atoms with Gasteiger partial charge in [-0.3, -0.25) is 10.1 Å². The van der Waals surface area contributed by atoms with E-state index in [2.05, 4.69) is 20.6 Å². The molecule has 7 nitrogen and oxygen atoms in total. The average molecular weight is 197 g/mol. The lowest BCUT2D eigenvalue weighted by Gasteiger charge is -2.05. The van der Waals surface area contributed by atoms with Crippen LogP contribution in [0.25, 0.3) is 0 Å². The normalized spacial score (nSPS) is 9.64. The van der Waals surface area contributed by atoms with Gasteiger partial charge < -0.3 is 10.6 Å². The molecule has 0 aromatic carbocycles. The summed E-state index contributed by atoms with van der Waals surface area (Å²) in [5.74, 6) is 0.573. The Balaban J connectivity index is 3.34. The Morgan fingerprint density at radius 2 is 1.93 bits per heavy atom. The molecule has 7 heteroatoms. The summed E-state index contributed by atoms with van der Waals surface area (Å²) in [6.07, 6.45) is 0. The fraction of sp³-hybridized carbons (Fsp3) is 0.429. The van der Waals surface area contributed by atoms with Crippen LogP contribution in [-0.4, -0.2) is 29.0 Å². The summed E-state index contributed by atoms with van der Waals surface area (Å²) in [5, 5.41) is 16.0. The molecule has 0 bridgehead atoms. The van der Waals surface area contributed by atoms with Gasteiger partial charge in [0.1, 0.15) is 5.69 Å². The van der Waals surface area contributed by atoms with E-state index in [4.69, 9.17) is 0 Å². The predicted molar refractivity (Wildman–Crippen MR) is 52.5 cm³/mol. The molecular weight excluding hydrogens is 186 g/mol. The number of aryl methyl sites for hydroxylation is 1. The van der Waals surface area contributed by atoms with Gasteiger partial charge in [-0.15, -0.1) is 0 Å². The Morgan fingerprint density at radius 1 is 1.29 bits per heavy atom. The Kier molecular flexibility index (Phi) is 2.80. The molecule has 0 amide bonds. The predicted octanol–water partition coefficient (Wildman–Crippen LogP) is 0.777. The zero-order valence-corrected chi connectivity index (χ0v) is 8.16.